The number of β-amino-alcohol motifs (C(OH)–C–C–N with tert-alkyl or cyclic N) is 2. The molecule has 1 aromatic rings. The molecule has 5 nitrogen and oxygen atoms in total. The Morgan fingerprint density at radius 3 is 2.47 bits per heavy atom. The summed E-state index contributed by atoms with van der Waals surface area (Å²) in [5, 5.41) is 23.1. The quantitative estimate of drug-likeness (QED) is 0.677. The molecule has 15 heavy (non-hydrogen) atoms. The molecule has 1 fully saturated rings. The highest BCUT2D eigenvalue weighted by atomic mass is 16.3. The Balaban J connectivity index is 2.01. The van der Waals surface area contributed by atoms with Gasteiger partial charge in [0.15, 0.2) is 0 Å². The lowest BCUT2D eigenvalue weighted by Gasteiger charge is -2.14. The van der Waals surface area contributed by atoms with Gasteiger partial charge in [0.2, 0.25) is 0 Å². The maximum Gasteiger partial charge on any atom is 0.0938 e. The molecule has 0 aliphatic carbocycles. The standard InChI is InChI=1S/C10H17N3O2/c1-7-3-8(12(2)11-7)4-13-5-9(14)10(15)6-13/h3,9-10,14-15H,4-6H2,1-2H3/t9-,10+. The highest BCUT2D eigenvalue weighted by Crippen LogP contribution is 2.14. The Morgan fingerprint density at radius 1 is 1.40 bits per heavy atom. The van der Waals surface area contributed by atoms with Crippen molar-refractivity contribution in [2.45, 2.75) is 25.7 Å². The molecule has 0 saturated carbocycles. The van der Waals surface area contributed by atoms with Crippen molar-refractivity contribution >= 4 is 0 Å². The number of hydrogen-bond acceptors (Lipinski definition) is 4. The number of aryl methyl sites for hydroxylation is 2. The molecule has 1 aliphatic rings. The van der Waals surface area contributed by atoms with E-state index < -0.39 is 12.2 Å². The monoisotopic (exact) mass is 211 g/mol. The Morgan fingerprint density at radius 2 is 2.00 bits per heavy atom. The van der Waals surface area contributed by atoms with E-state index in [2.05, 4.69) is 5.10 Å². The maximum absolute atomic E-state index is 9.41. The number of likely N-dealkylation sites (tertiary alicyclic amines) is 1. The lowest BCUT2D eigenvalue weighted by atomic mass is 10.3. The fourth-order valence-electron chi connectivity index (χ4n) is 2.02. The zero-order valence-electron chi connectivity index (χ0n) is 9.09. The molecule has 0 radical (unpaired) electrons. The minimum Gasteiger partial charge on any atom is -0.389 e. The Hall–Kier alpha value is -0.910. The van der Waals surface area contributed by atoms with Crippen LogP contribution < -0.4 is 0 Å². The predicted molar refractivity (Wildman–Crippen MR) is 55.2 cm³/mol. The number of aromatic nitrogens is 2. The van der Waals surface area contributed by atoms with Crippen LogP contribution >= 0.6 is 0 Å². The molecule has 2 atom stereocenters. The first kappa shape index (κ1) is 10.6. The van der Waals surface area contributed by atoms with E-state index in [1.165, 1.54) is 0 Å². The smallest absolute Gasteiger partial charge is 0.0938 e. The number of rotatable bonds is 2. The van der Waals surface area contributed by atoms with Crippen LogP contribution in [-0.2, 0) is 13.6 Å². The topological polar surface area (TPSA) is 61.5 Å². The van der Waals surface area contributed by atoms with E-state index in [-0.39, 0.29) is 0 Å². The molecule has 1 saturated heterocycles. The van der Waals surface area contributed by atoms with Gasteiger partial charge in [-0.3, -0.25) is 9.58 Å². The van der Waals surface area contributed by atoms with Crippen molar-refractivity contribution in [1.29, 1.82) is 0 Å². The summed E-state index contributed by atoms with van der Waals surface area (Å²) < 4.78 is 1.84. The van der Waals surface area contributed by atoms with E-state index >= 15 is 0 Å². The van der Waals surface area contributed by atoms with Crippen LogP contribution in [-0.4, -0.2) is 50.2 Å². The molecule has 1 aliphatic heterocycles. The largest absolute Gasteiger partial charge is 0.389 e. The average Bonchev–Trinajstić information content (AvgIpc) is 2.59. The first-order valence-electron chi connectivity index (χ1n) is 5.14. The maximum atomic E-state index is 9.41. The minimum atomic E-state index is -0.612. The second-order valence-electron chi connectivity index (χ2n) is 4.23. The van der Waals surface area contributed by atoms with E-state index in [0.717, 1.165) is 17.9 Å². The van der Waals surface area contributed by atoms with E-state index in [1.54, 1.807) is 0 Å². The molecule has 2 N–H and O–H groups in total. The van der Waals surface area contributed by atoms with E-state index in [1.807, 2.05) is 29.6 Å². The number of aliphatic hydroxyl groups excluding tert-OH is 2. The summed E-state index contributed by atoms with van der Waals surface area (Å²) >= 11 is 0. The van der Waals surface area contributed by atoms with Crippen LogP contribution in [0.2, 0.25) is 0 Å². The second kappa shape index (κ2) is 3.92. The van der Waals surface area contributed by atoms with Gasteiger partial charge in [0.25, 0.3) is 0 Å². The molecule has 0 unspecified atom stereocenters. The zero-order chi connectivity index (χ0) is 11.0. The van der Waals surface area contributed by atoms with E-state index in [0.29, 0.717) is 13.1 Å². The van der Waals surface area contributed by atoms with Crippen LogP contribution in [0.5, 0.6) is 0 Å². The summed E-state index contributed by atoms with van der Waals surface area (Å²) in [7, 11) is 1.91. The van der Waals surface area contributed by atoms with Gasteiger partial charge >= 0.3 is 0 Å². The lowest BCUT2D eigenvalue weighted by molar-refractivity contribution is 0.0572. The minimum absolute atomic E-state index is 0.533. The van der Waals surface area contributed by atoms with Crippen LogP contribution in [0.4, 0.5) is 0 Å². The highest BCUT2D eigenvalue weighted by Gasteiger charge is 2.29. The van der Waals surface area contributed by atoms with Crippen LogP contribution in [0, 0.1) is 6.92 Å². The zero-order valence-corrected chi connectivity index (χ0v) is 9.09. The summed E-state index contributed by atoms with van der Waals surface area (Å²) in [6.07, 6.45) is -1.22. The van der Waals surface area contributed by atoms with Gasteiger partial charge in [-0.05, 0) is 13.0 Å². The van der Waals surface area contributed by atoms with Crippen molar-refractivity contribution in [2.24, 2.45) is 7.05 Å². The molecular formula is C10H17N3O2. The molecule has 1 aromatic heterocycles. The molecule has 0 aromatic carbocycles. The van der Waals surface area contributed by atoms with Crippen LogP contribution in [0.3, 0.4) is 0 Å². The SMILES string of the molecule is Cc1cc(CN2C[C@@H](O)[C@@H](O)C2)n(C)n1. The fourth-order valence-corrected chi connectivity index (χ4v) is 2.02. The van der Waals surface area contributed by atoms with E-state index in [9.17, 15) is 10.2 Å². The third-order valence-electron chi connectivity index (χ3n) is 2.82. The van der Waals surface area contributed by atoms with Crippen molar-refractivity contribution in [3.05, 3.63) is 17.5 Å². The normalized spacial score (nSPS) is 27.5. The Kier molecular flexibility index (Phi) is 2.77. The molecule has 84 valence electrons. The molecule has 0 bridgehead atoms. The van der Waals surface area contributed by atoms with Crippen molar-refractivity contribution < 1.29 is 10.2 Å². The predicted octanol–water partition coefficient (Wildman–Crippen LogP) is -0.734. The first-order valence-corrected chi connectivity index (χ1v) is 5.14. The molecule has 0 amide bonds. The second-order valence-corrected chi connectivity index (χ2v) is 4.23. The first-order chi connectivity index (χ1) is 7.06. The van der Waals surface area contributed by atoms with Crippen LogP contribution in [0.15, 0.2) is 6.07 Å². The molecule has 2 rings (SSSR count). The van der Waals surface area contributed by atoms with Gasteiger partial charge in [-0.2, -0.15) is 5.10 Å². The van der Waals surface area contributed by atoms with Crippen molar-refractivity contribution in [3.8, 4) is 0 Å². The molecule has 5 heteroatoms. The number of hydrogen-bond donors (Lipinski definition) is 2. The van der Waals surface area contributed by atoms with Gasteiger partial charge in [-0.1, -0.05) is 0 Å². The van der Waals surface area contributed by atoms with Crippen molar-refractivity contribution in [2.75, 3.05) is 13.1 Å². The molecule has 0 spiro atoms. The van der Waals surface area contributed by atoms with Gasteiger partial charge in [0, 0.05) is 26.7 Å². The Labute approximate surface area is 88.9 Å². The number of aliphatic hydroxyl groups is 2. The third-order valence-corrected chi connectivity index (χ3v) is 2.82. The van der Waals surface area contributed by atoms with Crippen LogP contribution in [0.25, 0.3) is 0 Å². The number of nitrogens with zero attached hydrogens (tertiary/aromatic N) is 3. The van der Waals surface area contributed by atoms with Gasteiger partial charge in [0.1, 0.15) is 0 Å². The highest BCUT2D eigenvalue weighted by molar-refractivity contribution is 5.09. The molecule has 2 heterocycles. The molecular weight excluding hydrogens is 194 g/mol. The lowest BCUT2D eigenvalue weighted by Crippen LogP contribution is -2.22. The summed E-state index contributed by atoms with van der Waals surface area (Å²) in [5.74, 6) is 0. The Bertz CT molecular complexity index is 340. The van der Waals surface area contributed by atoms with E-state index in [4.69, 9.17) is 0 Å². The van der Waals surface area contributed by atoms with Gasteiger partial charge in [-0.15, -0.1) is 0 Å². The summed E-state index contributed by atoms with van der Waals surface area (Å²) in [5.41, 5.74) is 2.10. The fraction of sp³-hybridized carbons (Fsp3) is 0.700. The van der Waals surface area contributed by atoms with Gasteiger partial charge < -0.3 is 10.2 Å². The van der Waals surface area contributed by atoms with Crippen LogP contribution in [0.1, 0.15) is 11.4 Å². The van der Waals surface area contributed by atoms with Gasteiger partial charge in [-0.25, -0.2) is 0 Å². The summed E-state index contributed by atoms with van der Waals surface area (Å²) in [6.45, 7) is 3.75. The summed E-state index contributed by atoms with van der Waals surface area (Å²) in [6, 6.07) is 2.02. The van der Waals surface area contributed by atoms with Crippen molar-refractivity contribution in [3.63, 3.8) is 0 Å². The van der Waals surface area contributed by atoms with Gasteiger partial charge in [0.05, 0.1) is 23.6 Å². The third kappa shape index (κ3) is 2.19. The summed E-state index contributed by atoms with van der Waals surface area (Å²) in [4.78, 5) is 2.03. The average molecular weight is 211 g/mol. The van der Waals surface area contributed by atoms with Crippen molar-refractivity contribution in [1.82, 2.24) is 14.7 Å².